The molecule has 4 rings (SSSR count). The Hall–Kier alpha value is -2.79. The highest BCUT2D eigenvalue weighted by Gasteiger charge is 2.58. The molecule has 1 saturated carbocycles. The molecule has 150 valence electrons. The number of nitrogens with zero attached hydrogens (tertiary/aromatic N) is 1. The van der Waals surface area contributed by atoms with Crippen LogP contribution in [0.1, 0.15) is 42.1 Å². The zero-order valence-corrected chi connectivity index (χ0v) is 16.7. The molecule has 29 heavy (non-hydrogen) atoms. The average Bonchev–Trinajstić information content (AvgIpc) is 3.25. The minimum atomic E-state index is -1.13. The molecule has 2 aromatic rings. The van der Waals surface area contributed by atoms with Crippen molar-refractivity contribution < 1.29 is 19.5 Å². The molecule has 2 fully saturated rings. The van der Waals surface area contributed by atoms with Gasteiger partial charge in [-0.15, -0.1) is 0 Å². The summed E-state index contributed by atoms with van der Waals surface area (Å²) in [5.74, 6) is -0.451. The lowest BCUT2D eigenvalue weighted by atomic mass is 9.81. The lowest BCUT2D eigenvalue weighted by Crippen LogP contribution is -2.42. The smallest absolute Gasteiger partial charge is 0.254 e. The van der Waals surface area contributed by atoms with Crippen LogP contribution in [0.2, 0.25) is 0 Å². The lowest BCUT2D eigenvalue weighted by molar-refractivity contribution is -0.133. The summed E-state index contributed by atoms with van der Waals surface area (Å²) >= 11 is 0. The van der Waals surface area contributed by atoms with Gasteiger partial charge in [-0.25, -0.2) is 0 Å². The second-order valence-electron chi connectivity index (χ2n) is 8.27. The fourth-order valence-electron chi connectivity index (χ4n) is 4.71. The number of likely N-dealkylation sites (tertiary alicyclic amines) is 1. The summed E-state index contributed by atoms with van der Waals surface area (Å²) in [5, 5.41) is 10.2. The van der Waals surface area contributed by atoms with Gasteiger partial charge in [-0.05, 0) is 49.1 Å². The predicted octanol–water partition coefficient (Wildman–Crippen LogP) is 3.18. The van der Waals surface area contributed by atoms with E-state index < -0.39 is 17.6 Å². The number of carbonyl (C=O) groups is 3. The number of aryl methyl sites for hydroxylation is 1. The number of amides is 1. The number of aliphatic hydroxyl groups is 1. The Morgan fingerprint density at radius 2 is 1.69 bits per heavy atom. The minimum Gasteiger partial charge on any atom is -0.391 e. The second kappa shape index (κ2) is 7.23. The van der Waals surface area contributed by atoms with Crippen LogP contribution in [-0.4, -0.2) is 46.2 Å². The van der Waals surface area contributed by atoms with Crippen LogP contribution >= 0.6 is 0 Å². The van der Waals surface area contributed by atoms with Crippen molar-refractivity contribution in [1.82, 2.24) is 4.90 Å². The molecule has 1 aliphatic carbocycles. The van der Waals surface area contributed by atoms with Crippen molar-refractivity contribution in [2.75, 3.05) is 6.54 Å². The van der Waals surface area contributed by atoms with E-state index in [4.69, 9.17) is 0 Å². The van der Waals surface area contributed by atoms with Gasteiger partial charge in [0, 0.05) is 24.9 Å². The number of ketones is 2. The van der Waals surface area contributed by atoms with Crippen LogP contribution in [0.5, 0.6) is 0 Å². The van der Waals surface area contributed by atoms with Crippen LogP contribution in [0.15, 0.2) is 48.5 Å². The molecule has 5 heteroatoms. The number of Topliss-reactive ketones (excluding diaryl/α,β-unsaturated/α-hetero) is 2. The first-order valence-electron chi connectivity index (χ1n) is 10.1. The van der Waals surface area contributed by atoms with E-state index in [1.54, 1.807) is 19.1 Å². The maximum absolute atomic E-state index is 13.2. The Bertz CT molecular complexity index is 961. The molecule has 1 saturated heterocycles. The number of benzene rings is 2. The first-order valence-corrected chi connectivity index (χ1v) is 10.1. The van der Waals surface area contributed by atoms with Crippen LogP contribution in [0.4, 0.5) is 0 Å². The Morgan fingerprint density at radius 3 is 2.28 bits per heavy atom. The summed E-state index contributed by atoms with van der Waals surface area (Å²) in [4.78, 5) is 39.7. The van der Waals surface area contributed by atoms with Crippen LogP contribution in [0.25, 0.3) is 11.1 Å². The molecule has 1 N–H and O–H groups in total. The summed E-state index contributed by atoms with van der Waals surface area (Å²) in [6.07, 6.45) is -0.127. The molecule has 5 nitrogen and oxygen atoms in total. The van der Waals surface area contributed by atoms with E-state index in [-0.39, 0.29) is 43.3 Å². The van der Waals surface area contributed by atoms with E-state index >= 15 is 0 Å². The van der Waals surface area contributed by atoms with E-state index in [0.717, 1.165) is 16.7 Å². The fourth-order valence-corrected chi connectivity index (χ4v) is 4.71. The minimum absolute atomic E-state index is 0.0681. The highest BCUT2D eigenvalue weighted by atomic mass is 16.3. The van der Waals surface area contributed by atoms with Gasteiger partial charge in [0.2, 0.25) is 0 Å². The summed E-state index contributed by atoms with van der Waals surface area (Å²) in [6.45, 7) is 3.72. The van der Waals surface area contributed by atoms with Gasteiger partial charge < -0.3 is 10.0 Å². The van der Waals surface area contributed by atoms with Crippen molar-refractivity contribution in [3.05, 3.63) is 59.7 Å². The van der Waals surface area contributed by atoms with Crippen molar-refractivity contribution in [3.8, 4) is 11.1 Å². The normalized spacial score (nSPS) is 21.8. The zero-order chi connectivity index (χ0) is 20.8. The first-order chi connectivity index (χ1) is 13.8. The van der Waals surface area contributed by atoms with Gasteiger partial charge in [0.15, 0.2) is 0 Å². The molecule has 0 aromatic heterocycles. The van der Waals surface area contributed by atoms with Crippen molar-refractivity contribution in [3.63, 3.8) is 0 Å². The van der Waals surface area contributed by atoms with E-state index in [0.29, 0.717) is 5.56 Å². The topological polar surface area (TPSA) is 74.7 Å². The van der Waals surface area contributed by atoms with Crippen LogP contribution in [0.3, 0.4) is 0 Å². The van der Waals surface area contributed by atoms with Crippen molar-refractivity contribution >= 4 is 17.5 Å². The van der Waals surface area contributed by atoms with Gasteiger partial charge in [0.1, 0.15) is 17.0 Å². The number of carbonyl (C=O) groups excluding carboxylic acids is 3. The second-order valence-corrected chi connectivity index (χ2v) is 8.27. The number of rotatable bonds is 3. The Morgan fingerprint density at radius 1 is 1.07 bits per heavy atom. The highest BCUT2D eigenvalue weighted by molar-refractivity contribution is 6.14. The molecule has 2 atom stereocenters. The molecule has 0 bridgehead atoms. The predicted molar refractivity (Wildman–Crippen MR) is 109 cm³/mol. The number of aliphatic hydroxyl groups excluding tert-OH is 1. The van der Waals surface area contributed by atoms with Gasteiger partial charge in [-0.3, -0.25) is 14.4 Å². The maximum Gasteiger partial charge on any atom is 0.254 e. The highest BCUT2D eigenvalue weighted by Crippen LogP contribution is 2.44. The summed E-state index contributed by atoms with van der Waals surface area (Å²) in [7, 11) is 0. The third-order valence-electron chi connectivity index (χ3n) is 6.45. The molecule has 2 unspecified atom stereocenters. The van der Waals surface area contributed by atoms with Crippen LogP contribution in [0, 0.1) is 12.3 Å². The van der Waals surface area contributed by atoms with Crippen molar-refractivity contribution in [2.24, 2.45) is 5.41 Å². The van der Waals surface area contributed by atoms with E-state index in [1.807, 2.05) is 43.3 Å². The average molecular weight is 391 g/mol. The van der Waals surface area contributed by atoms with Crippen molar-refractivity contribution in [2.45, 2.75) is 45.3 Å². The first kappa shape index (κ1) is 19.5. The van der Waals surface area contributed by atoms with Gasteiger partial charge in [-0.1, -0.05) is 36.4 Å². The van der Waals surface area contributed by atoms with Gasteiger partial charge in [-0.2, -0.15) is 0 Å². The van der Waals surface area contributed by atoms with Crippen molar-refractivity contribution in [1.29, 1.82) is 0 Å². The fraction of sp³-hybridized carbons (Fsp3) is 0.375. The molecule has 1 spiro atoms. The molecule has 2 aromatic carbocycles. The standard InChI is InChI=1S/C24H25NO4/c1-15-5-3-4-6-19(15)17-7-9-18(10-8-17)23(29)25-14-24(13-20(25)16(2)26)21(27)11-12-22(24)28/h3-10,16,20,26H,11-14H2,1-2H3. The van der Waals surface area contributed by atoms with Crippen LogP contribution in [-0.2, 0) is 9.59 Å². The van der Waals surface area contributed by atoms with Crippen LogP contribution < -0.4 is 0 Å². The number of hydrogen-bond donors (Lipinski definition) is 1. The maximum atomic E-state index is 13.2. The quantitative estimate of drug-likeness (QED) is 0.816. The van der Waals surface area contributed by atoms with Gasteiger partial charge in [0.25, 0.3) is 5.91 Å². The Labute approximate surface area is 170 Å². The van der Waals surface area contributed by atoms with E-state index in [2.05, 4.69) is 0 Å². The Kier molecular flexibility index (Phi) is 4.87. The molecule has 1 heterocycles. The summed E-state index contributed by atoms with van der Waals surface area (Å²) in [5.41, 5.74) is 2.64. The monoisotopic (exact) mass is 391 g/mol. The lowest BCUT2D eigenvalue weighted by Gasteiger charge is -2.26. The zero-order valence-electron chi connectivity index (χ0n) is 16.7. The van der Waals surface area contributed by atoms with Gasteiger partial charge in [0.05, 0.1) is 12.1 Å². The number of hydrogen-bond acceptors (Lipinski definition) is 4. The molecule has 0 radical (unpaired) electrons. The van der Waals surface area contributed by atoms with E-state index in [9.17, 15) is 19.5 Å². The van der Waals surface area contributed by atoms with E-state index in [1.165, 1.54) is 4.90 Å². The molecular weight excluding hydrogens is 366 g/mol. The van der Waals surface area contributed by atoms with Gasteiger partial charge >= 0.3 is 0 Å². The third kappa shape index (κ3) is 3.19. The summed E-state index contributed by atoms with van der Waals surface area (Å²) < 4.78 is 0. The Balaban J connectivity index is 1.62. The molecule has 1 aliphatic heterocycles. The molecule has 2 aliphatic rings. The summed E-state index contributed by atoms with van der Waals surface area (Å²) in [6, 6.07) is 14.9. The third-order valence-corrected chi connectivity index (χ3v) is 6.45. The molecule has 1 amide bonds. The largest absolute Gasteiger partial charge is 0.391 e. The molecular formula is C24H25NO4. The SMILES string of the molecule is Cc1ccccc1-c1ccc(C(=O)N2CC3(CC2C(C)O)C(=O)CCC3=O)cc1.